The third-order valence-electron chi connectivity index (χ3n) is 2.25. The number of hydrogen-bond donors (Lipinski definition) is 2. The van der Waals surface area contributed by atoms with Crippen LogP contribution in [-0.2, 0) is 6.54 Å². The highest BCUT2D eigenvalue weighted by atomic mass is 32.1. The minimum Gasteiger partial charge on any atom is -0.394 e. The predicted octanol–water partition coefficient (Wildman–Crippen LogP) is 0.758. The van der Waals surface area contributed by atoms with Crippen molar-refractivity contribution in [2.24, 2.45) is 0 Å². The summed E-state index contributed by atoms with van der Waals surface area (Å²) >= 11 is 1.65. The zero-order valence-electron chi connectivity index (χ0n) is 6.79. The van der Waals surface area contributed by atoms with E-state index in [1.165, 1.54) is 0 Å². The molecule has 3 nitrogen and oxygen atoms in total. The molecule has 2 N–H and O–H groups in total. The van der Waals surface area contributed by atoms with Gasteiger partial charge in [-0.25, -0.2) is 4.98 Å². The lowest BCUT2D eigenvalue weighted by Crippen LogP contribution is -2.34. The standard InChI is InChI=1S/C8H12N2OS/c11-6-8(1-2-8)10-5-7-9-3-4-12-7/h3-4,10-11H,1-2,5-6H2. The van der Waals surface area contributed by atoms with Gasteiger partial charge in [0.2, 0.25) is 0 Å². The second-order valence-corrected chi connectivity index (χ2v) is 4.20. The Labute approximate surface area is 75.5 Å². The summed E-state index contributed by atoms with van der Waals surface area (Å²) in [7, 11) is 0. The van der Waals surface area contributed by atoms with Crippen LogP contribution in [0.3, 0.4) is 0 Å². The molecular formula is C8H12N2OS. The molecule has 66 valence electrons. The fourth-order valence-corrected chi connectivity index (χ4v) is 1.70. The van der Waals surface area contributed by atoms with Crippen molar-refractivity contribution in [2.75, 3.05) is 6.61 Å². The summed E-state index contributed by atoms with van der Waals surface area (Å²) < 4.78 is 0. The molecule has 0 amide bonds. The number of aromatic nitrogens is 1. The highest BCUT2D eigenvalue weighted by Gasteiger charge is 2.41. The Morgan fingerprint density at radius 2 is 2.50 bits per heavy atom. The lowest BCUT2D eigenvalue weighted by molar-refractivity contribution is 0.229. The van der Waals surface area contributed by atoms with Crippen LogP contribution in [-0.4, -0.2) is 22.2 Å². The molecule has 0 unspecified atom stereocenters. The van der Waals surface area contributed by atoms with Crippen LogP contribution in [0.1, 0.15) is 17.8 Å². The predicted molar refractivity (Wildman–Crippen MR) is 48.0 cm³/mol. The Bertz CT molecular complexity index is 244. The summed E-state index contributed by atoms with van der Waals surface area (Å²) in [6.45, 7) is 1.04. The van der Waals surface area contributed by atoms with Crippen molar-refractivity contribution in [1.29, 1.82) is 0 Å². The summed E-state index contributed by atoms with van der Waals surface area (Å²) in [4.78, 5) is 4.16. The second-order valence-electron chi connectivity index (χ2n) is 3.22. The average molecular weight is 184 g/mol. The van der Waals surface area contributed by atoms with Crippen molar-refractivity contribution < 1.29 is 5.11 Å². The Balaban J connectivity index is 1.83. The highest BCUT2D eigenvalue weighted by molar-refractivity contribution is 7.09. The minimum atomic E-state index is 0.0334. The first-order chi connectivity index (χ1) is 5.85. The Kier molecular flexibility index (Phi) is 2.12. The summed E-state index contributed by atoms with van der Waals surface area (Å²) in [5, 5.41) is 15.4. The van der Waals surface area contributed by atoms with Crippen molar-refractivity contribution in [1.82, 2.24) is 10.3 Å². The maximum Gasteiger partial charge on any atom is 0.106 e. The van der Waals surface area contributed by atoms with Gasteiger partial charge in [-0.15, -0.1) is 11.3 Å². The lowest BCUT2D eigenvalue weighted by atomic mass is 10.3. The number of thiazole rings is 1. The van der Waals surface area contributed by atoms with Gasteiger partial charge >= 0.3 is 0 Å². The number of aliphatic hydroxyl groups is 1. The van der Waals surface area contributed by atoms with Crippen molar-refractivity contribution in [3.63, 3.8) is 0 Å². The SMILES string of the molecule is OCC1(NCc2nccs2)CC1. The van der Waals surface area contributed by atoms with E-state index < -0.39 is 0 Å². The molecule has 1 aromatic rings. The third-order valence-corrected chi connectivity index (χ3v) is 3.03. The van der Waals surface area contributed by atoms with E-state index >= 15 is 0 Å². The monoisotopic (exact) mass is 184 g/mol. The topological polar surface area (TPSA) is 45.1 Å². The van der Waals surface area contributed by atoms with E-state index in [2.05, 4.69) is 10.3 Å². The quantitative estimate of drug-likeness (QED) is 0.726. The first-order valence-corrected chi connectivity index (χ1v) is 4.97. The number of rotatable bonds is 4. The zero-order valence-corrected chi connectivity index (χ0v) is 7.60. The molecule has 0 atom stereocenters. The molecule has 1 aliphatic rings. The maximum atomic E-state index is 9.01. The van der Waals surface area contributed by atoms with Gasteiger partial charge in [-0.05, 0) is 12.8 Å². The molecule has 1 aliphatic carbocycles. The van der Waals surface area contributed by atoms with Crippen molar-refractivity contribution in [3.8, 4) is 0 Å². The Morgan fingerprint density at radius 1 is 1.67 bits per heavy atom. The zero-order chi connectivity index (χ0) is 8.44. The molecule has 1 fully saturated rings. The van der Waals surface area contributed by atoms with Gasteiger partial charge in [-0.1, -0.05) is 0 Å². The van der Waals surface area contributed by atoms with Crippen LogP contribution in [0.5, 0.6) is 0 Å². The molecule has 1 aromatic heterocycles. The molecule has 2 rings (SSSR count). The molecule has 0 spiro atoms. The number of hydrogen-bond acceptors (Lipinski definition) is 4. The fourth-order valence-electron chi connectivity index (χ4n) is 1.15. The maximum absolute atomic E-state index is 9.01. The van der Waals surface area contributed by atoms with E-state index in [0.717, 1.165) is 24.4 Å². The van der Waals surface area contributed by atoms with Gasteiger partial charge < -0.3 is 10.4 Å². The summed E-state index contributed by atoms with van der Waals surface area (Å²) in [5.74, 6) is 0. The molecule has 1 saturated carbocycles. The van der Waals surface area contributed by atoms with Crippen molar-refractivity contribution in [2.45, 2.75) is 24.9 Å². The first-order valence-electron chi connectivity index (χ1n) is 4.09. The Morgan fingerprint density at radius 3 is 3.00 bits per heavy atom. The normalized spacial score (nSPS) is 19.4. The Hall–Kier alpha value is -0.450. The van der Waals surface area contributed by atoms with Crippen molar-refractivity contribution >= 4 is 11.3 Å². The first kappa shape index (κ1) is 8.16. The molecule has 1 heterocycles. The van der Waals surface area contributed by atoms with E-state index in [-0.39, 0.29) is 12.1 Å². The molecule has 12 heavy (non-hydrogen) atoms. The van der Waals surface area contributed by atoms with Crippen LogP contribution in [0.25, 0.3) is 0 Å². The van der Waals surface area contributed by atoms with Crippen LogP contribution >= 0.6 is 11.3 Å². The van der Waals surface area contributed by atoms with Gasteiger partial charge in [-0.3, -0.25) is 0 Å². The van der Waals surface area contributed by atoms with Gasteiger partial charge in [0.25, 0.3) is 0 Å². The number of nitrogens with one attached hydrogen (secondary N) is 1. The molecule has 0 radical (unpaired) electrons. The molecule has 0 saturated heterocycles. The average Bonchev–Trinajstić information content (AvgIpc) is 2.70. The van der Waals surface area contributed by atoms with E-state index in [4.69, 9.17) is 5.11 Å². The number of nitrogens with zero attached hydrogens (tertiary/aromatic N) is 1. The van der Waals surface area contributed by atoms with Crippen LogP contribution in [0, 0.1) is 0 Å². The van der Waals surface area contributed by atoms with Gasteiger partial charge in [0.1, 0.15) is 5.01 Å². The second kappa shape index (κ2) is 3.12. The molecule has 0 bridgehead atoms. The van der Waals surface area contributed by atoms with Crippen LogP contribution in [0.2, 0.25) is 0 Å². The fraction of sp³-hybridized carbons (Fsp3) is 0.625. The summed E-state index contributed by atoms with van der Waals surface area (Å²) in [6, 6.07) is 0. The van der Waals surface area contributed by atoms with E-state index in [0.29, 0.717) is 0 Å². The molecule has 0 aromatic carbocycles. The van der Waals surface area contributed by atoms with Crippen LogP contribution in [0.15, 0.2) is 11.6 Å². The largest absolute Gasteiger partial charge is 0.394 e. The van der Waals surface area contributed by atoms with Gasteiger partial charge in [0.15, 0.2) is 0 Å². The van der Waals surface area contributed by atoms with Crippen molar-refractivity contribution in [3.05, 3.63) is 16.6 Å². The summed E-state index contributed by atoms with van der Waals surface area (Å²) in [5.41, 5.74) is 0.0334. The molecule has 4 heteroatoms. The van der Waals surface area contributed by atoms with Crippen LogP contribution in [0.4, 0.5) is 0 Å². The van der Waals surface area contributed by atoms with Crippen LogP contribution < -0.4 is 5.32 Å². The summed E-state index contributed by atoms with van der Waals surface area (Å²) in [6.07, 6.45) is 3.99. The highest BCUT2D eigenvalue weighted by Crippen LogP contribution is 2.34. The van der Waals surface area contributed by atoms with E-state index in [1.807, 2.05) is 5.38 Å². The van der Waals surface area contributed by atoms with E-state index in [1.54, 1.807) is 17.5 Å². The van der Waals surface area contributed by atoms with Gasteiger partial charge in [-0.2, -0.15) is 0 Å². The van der Waals surface area contributed by atoms with Gasteiger partial charge in [0, 0.05) is 23.7 Å². The number of aliphatic hydroxyl groups excluding tert-OH is 1. The van der Waals surface area contributed by atoms with Gasteiger partial charge in [0.05, 0.1) is 6.61 Å². The molecule has 0 aliphatic heterocycles. The third kappa shape index (κ3) is 1.65. The lowest BCUT2D eigenvalue weighted by Gasteiger charge is -2.11. The minimum absolute atomic E-state index is 0.0334. The molecular weight excluding hydrogens is 172 g/mol. The van der Waals surface area contributed by atoms with E-state index in [9.17, 15) is 0 Å². The smallest absolute Gasteiger partial charge is 0.106 e.